The minimum atomic E-state index is -3.88. The molecular formula is C33H54N9O6S3Sc. The summed E-state index contributed by atoms with van der Waals surface area (Å²) in [5, 5.41) is 51.9. The van der Waals surface area contributed by atoms with Crippen LogP contribution >= 0.6 is 0 Å². The normalized spacial score (nSPS) is 10.7. The smallest absolute Gasteiger partial charge is 0.762 e. The Labute approximate surface area is 332 Å². The molecule has 0 aliphatic carbocycles. The third-order valence-electron chi connectivity index (χ3n) is 6.97. The Balaban J connectivity index is -0.000000329. The first-order valence-electron chi connectivity index (χ1n) is 17.1. The van der Waals surface area contributed by atoms with Crippen LogP contribution in [0.5, 0.6) is 0 Å². The molecule has 0 saturated heterocycles. The predicted octanol–water partition coefficient (Wildman–Crippen LogP) is 5.59. The summed E-state index contributed by atoms with van der Waals surface area (Å²) in [5.41, 5.74) is 0. The molecule has 0 aromatic carbocycles. The van der Waals surface area contributed by atoms with Crippen molar-refractivity contribution in [1.29, 1.82) is 15.8 Å². The summed E-state index contributed by atoms with van der Waals surface area (Å²) >= 11 is 0. The van der Waals surface area contributed by atoms with E-state index in [4.69, 9.17) is 32.0 Å². The molecule has 0 amide bonds. The van der Waals surface area contributed by atoms with E-state index in [1.165, 1.54) is 48.7 Å². The van der Waals surface area contributed by atoms with E-state index in [0.29, 0.717) is 39.3 Å². The molecule has 0 saturated carbocycles. The first kappa shape index (κ1) is 56.2. The molecule has 0 aromatic heterocycles. The molecule has 52 heavy (non-hydrogen) atoms. The first-order chi connectivity index (χ1) is 24.1. The van der Waals surface area contributed by atoms with Crippen LogP contribution in [0.1, 0.15) is 119 Å². The molecule has 0 aliphatic rings. The van der Waals surface area contributed by atoms with Gasteiger partial charge >= 0.3 is 25.8 Å². The Bertz CT molecular complexity index is 1430. The molecule has 0 heterocycles. The minimum Gasteiger partial charge on any atom is -0.762 e. The number of unbranched alkanes of at least 4 members (excludes halogenated alkanes) is 6. The number of hydrogen-bond acceptors (Lipinski definition) is 9. The van der Waals surface area contributed by atoms with Gasteiger partial charge in [0.15, 0.2) is 14.7 Å². The largest absolute Gasteiger partial charge is 3.00 e. The maximum atomic E-state index is 11.9. The van der Waals surface area contributed by atoms with Crippen molar-refractivity contribution in [3.05, 3.63) is 30.9 Å². The van der Waals surface area contributed by atoms with Crippen LogP contribution in [0.3, 0.4) is 0 Å². The van der Waals surface area contributed by atoms with Crippen LogP contribution in [0.15, 0.2) is 14.7 Å². The second kappa shape index (κ2) is 33.0. The molecule has 15 nitrogen and oxygen atoms in total. The second-order valence-electron chi connectivity index (χ2n) is 11.0. The summed E-state index contributed by atoms with van der Waals surface area (Å²) < 4.78 is 75.4. The van der Waals surface area contributed by atoms with Crippen molar-refractivity contribution >= 4 is 47.7 Å². The van der Waals surface area contributed by atoms with Crippen LogP contribution in [-0.4, -0.2) is 95.0 Å². The van der Waals surface area contributed by atoms with E-state index in [1.54, 1.807) is 0 Å². The fourth-order valence-electron chi connectivity index (χ4n) is 3.87. The van der Waals surface area contributed by atoms with Crippen molar-refractivity contribution in [2.75, 3.05) is 39.3 Å². The number of allylic oxidation sites excluding steroid dienone is 3. The van der Waals surface area contributed by atoms with E-state index >= 15 is 0 Å². The van der Waals surface area contributed by atoms with Crippen LogP contribution in [0.2, 0.25) is 0 Å². The number of rotatable bonds is 24. The average Bonchev–Trinajstić information content (AvgIpc) is 3.09. The molecule has 0 atom stereocenters. The van der Waals surface area contributed by atoms with Crippen LogP contribution in [-0.2, 0) is 55.9 Å². The summed E-state index contributed by atoms with van der Waals surface area (Å²) in [7, 11) is -11.6. The SMILES string of the molecule is CCCCN(CCCC)S(=O)(=O)C(=C=[N-])C#N.CCCCN(CCCC)S(=O)(=O)C(=C=[N-])C#N.CCCCN(CCCC)S(=O)(=O)C(=C=[N-])C#N.[Sc+3]. The zero-order valence-electron chi connectivity index (χ0n) is 31.5. The van der Waals surface area contributed by atoms with Gasteiger partial charge in [-0.05, 0) is 38.5 Å². The number of nitriles is 3. The Morgan fingerprint density at radius 1 is 0.423 bits per heavy atom. The van der Waals surface area contributed by atoms with Crippen molar-refractivity contribution in [1.82, 2.24) is 12.9 Å². The van der Waals surface area contributed by atoms with Crippen molar-refractivity contribution < 1.29 is 51.1 Å². The molecule has 0 rings (SSSR count). The van der Waals surface area contributed by atoms with E-state index in [-0.39, 0.29) is 25.8 Å². The van der Waals surface area contributed by atoms with Gasteiger partial charge in [-0.1, -0.05) is 80.1 Å². The molecule has 0 unspecified atom stereocenters. The molecular weight excluding hydrogens is 760 g/mol. The quantitative estimate of drug-likeness (QED) is 0.0868. The van der Waals surface area contributed by atoms with Gasteiger partial charge < -0.3 is 16.2 Å². The Morgan fingerprint density at radius 3 is 0.673 bits per heavy atom. The average molecular weight is 814 g/mol. The van der Waals surface area contributed by atoms with Gasteiger partial charge in [0.1, 0.15) is 18.2 Å². The van der Waals surface area contributed by atoms with Crippen LogP contribution < -0.4 is 0 Å². The molecule has 288 valence electrons. The van der Waals surface area contributed by atoms with Gasteiger partial charge in [0, 0.05) is 39.3 Å². The van der Waals surface area contributed by atoms with Crippen LogP contribution in [0.4, 0.5) is 0 Å². The van der Waals surface area contributed by atoms with E-state index in [0.717, 1.165) is 77.0 Å². The van der Waals surface area contributed by atoms with Gasteiger partial charge in [-0.3, -0.25) is 0 Å². The first-order valence-corrected chi connectivity index (χ1v) is 21.5. The van der Waals surface area contributed by atoms with Crippen LogP contribution in [0.25, 0.3) is 16.2 Å². The van der Waals surface area contributed by atoms with Crippen LogP contribution in [0, 0.1) is 34.0 Å². The fourth-order valence-corrected chi connectivity index (χ4v) is 7.56. The maximum Gasteiger partial charge on any atom is 3.00 e. The number of sulfonamides is 3. The second-order valence-corrected chi connectivity index (χ2v) is 16.6. The molecule has 0 fully saturated rings. The van der Waals surface area contributed by atoms with Gasteiger partial charge in [0.05, 0.1) is 0 Å². The van der Waals surface area contributed by atoms with Gasteiger partial charge in [-0.15, -0.1) is 0 Å². The summed E-state index contributed by atoms with van der Waals surface area (Å²) in [5.74, 6) is 4.35. The van der Waals surface area contributed by atoms with Gasteiger partial charge in [0.2, 0.25) is 0 Å². The topological polar surface area (TPSA) is 250 Å². The van der Waals surface area contributed by atoms with Crippen molar-refractivity contribution in [2.24, 2.45) is 0 Å². The Kier molecular flexibility index (Phi) is 35.7. The molecule has 0 radical (unpaired) electrons. The Morgan fingerprint density at radius 2 is 0.577 bits per heavy atom. The minimum absolute atomic E-state index is 0. The predicted molar refractivity (Wildman–Crippen MR) is 203 cm³/mol. The molecule has 0 bridgehead atoms. The zero-order chi connectivity index (χ0) is 39.9. The van der Waals surface area contributed by atoms with Gasteiger partial charge in [-0.2, -0.15) is 28.7 Å². The van der Waals surface area contributed by atoms with Crippen molar-refractivity contribution in [3.8, 4) is 18.2 Å². The maximum absolute atomic E-state index is 11.9. The van der Waals surface area contributed by atoms with Gasteiger partial charge in [-0.25, -0.2) is 42.9 Å². The monoisotopic (exact) mass is 813 g/mol. The van der Waals surface area contributed by atoms with E-state index in [1.807, 2.05) is 41.5 Å². The Hall–Kier alpha value is -2.58. The standard InChI is InChI=1S/3C11H18N3O2S.Sc/c3*1-3-5-7-14(8-6-4-2)17(15,16)11(9-12)10-13;/h3*3-8H2,1-2H3;/q3*-1;+3. The summed E-state index contributed by atoms with van der Waals surface area (Å²) in [6.07, 6.45) is 9.58. The zero-order valence-corrected chi connectivity index (χ0v) is 35.8. The van der Waals surface area contributed by atoms with Crippen molar-refractivity contribution in [3.63, 3.8) is 0 Å². The molecule has 0 aromatic rings. The van der Waals surface area contributed by atoms with E-state index < -0.39 is 44.8 Å². The van der Waals surface area contributed by atoms with E-state index in [2.05, 4.69) is 0 Å². The summed E-state index contributed by atoms with van der Waals surface area (Å²) in [6.45, 7) is 14.0. The van der Waals surface area contributed by atoms with E-state index in [9.17, 15) is 25.3 Å². The van der Waals surface area contributed by atoms with Gasteiger partial charge in [0.25, 0.3) is 30.1 Å². The number of hydrogen-bond donors (Lipinski definition) is 0. The number of nitrogens with zero attached hydrogens (tertiary/aromatic N) is 9. The summed E-state index contributed by atoms with van der Waals surface area (Å²) in [6, 6.07) is 4.35. The molecule has 19 heteroatoms. The fraction of sp³-hybridized carbons (Fsp3) is 0.727. The molecule has 0 aliphatic heterocycles. The summed E-state index contributed by atoms with van der Waals surface area (Å²) in [4.78, 5) is -2.15. The molecule has 0 spiro atoms. The third-order valence-corrected chi connectivity index (χ3v) is 12.2. The van der Waals surface area contributed by atoms with Crippen molar-refractivity contribution in [2.45, 2.75) is 119 Å². The molecule has 0 N–H and O–H groups in total. The third kappa shape index (κ3) is 21.2.